The third-order valence-corrected chi connectivity index (χ3v) is 6.15. The molecule has 0 atom stereocenters. The standard InChI is InChI=1S/C22H26N6O2/c1-26-9-7-16(8-10-26)27(2)13-18-21(25-20-6-4-15(23)12-28(18)20)14-3-5-17-19(11-14)30-22(29)24-17/h3-6,11-12,16H,7-10,13,23H2,1-2H3,(H,24,29). The van der Waals surface area contributed by atoms with Crippen LogP contribution in [0, 0.1) is 0 Å². The van der Waals surface area contributed by atoms with Gasteiger partial charge in [0.25, 0.3) is 0 Å². The molecule has 4 heterocycles. The molecule has 0 bridgehead atoms. The number of nitrogens with two attached hydrogens (primary N) is 1. The van der Waals surface area contributed by atoms with Crippen molar-refractivity contribution in [3.63, 3.8) is 0 Å². The van der Waals surface area contributed by atoms with Gasteiger partial charge in [0.15, 0.2) is 5.58 Å². The first-order valence-corrected chi connectivity index (χ1v) is 10.3. The van der Waals surface area contributed by atoms with Crippen LogP contribution in [0.25, 0.3) is 28.0 Å². The van der Waals surface area contributed by atoms with E-state index in [1.165, 1.54) is 0 Å². The number of piperidine rings is 1. The second kappa shape index (κ2) is 7.30. The van der Waals surface area contributed by atoms with E-state index in [2.05, 4.69) is 33.3 Å². The molecule has 0 radical (unpaired) electrons. The van der Waals surface area contributed by atoms with E-state index in [1.807, 2.05) is 36.5 Å². The predicted molar refractivity (Wildman–Crippen MR) is 117 cm³/mol. The van der Waals surface area contributed by atoms with Gasteiger partial charge in [0.05, 0.1) is 16.9 Å². The number of benzene rings is 1. The highest BCUT2D eigenvalue weighted by Crippen LogP contribution is 2.29. The highest BCUT2D eigenvalue weighted by Gasteiger charge is 2.23. The number of rotatable bonds is 4. The van der Waals surface area contributed by atoms with Crippen LogP contribution >= 0.6 is 0 Å². The van der Waals surface area contributed by atoms with Crippen molar-refractivity contribution in [3.05, 3.63) is 52.8 Å². The number of anilines is 1. The van der Waals surface area contributed by atoms with Crippen molar-refractivity contribution in [3.8, 4) is 11.3 Å². The Balaban J connectivity index is 1.58. The van der Waals surface area contributed by atoms with E-state index >= 15 is 0 Å². The fourth-order valence-electron chi connectivity index (χ4n) is 4.39. The Morgan fingerprint density at radius 1 is 1.27 bits per heavy atom. The maximum Gasteiger partial charge on any atom is 0.417 e. The second-order valence-corrected chi connectivity index (χ2v) is 8.27. The molecule has 156 valence electrons. The van der Waals surface area contributed by atoms with Gasteiger partial charge in [-0.25, -0.2) is 9.78 Å². The first-order valence-electron chi connectivity index (χ1n) is 10.3. The minimum absolute atomic E-state index is 0.452. The van der Waals surface area contributed by atoms with Crippen LogP contribution in [0.2, 0.25) is 0 Å². The lowest BCUT2D eigenvalue weighted by Gasteiger charge is -2.35. The number of pyridine rings is 1. The smallest absolute Gasteiger partial charge is 0.408 e. The number of aromatic nitrogens is 3. The van der Waals surface area contributed by atoms with Crippen molar-refractivity contribution in [2.24, 2.45) is 0 Å². The van der Waals surface area contributed by atoms with Crippen LogP contribution in [0.5, 0.6) is 0 Å². The molecule has 0 aliphatic carbocycles. The molecule has 8 heteroatoms. The fourth-order valence-corrected chi connectivity index (χ4v) is 4.39. The van der Waals surface area contributed by atoms with Gasteiger partial charge in [-0.2, -0.15) is 0 Å². The highest BCUT2D eigenvalue weighted by atomic mass is 16.4. The summed E-state index contributed by atoms with van der Waals surface area (Å²) in [5, 5.41) is 0. The molecule has 0 amide bonds. The van der Waals surface area contributed by atoms with Crippen molar-refractivity contribution < 1.29 is 4.42 Å². The van der Waals surface area contributed by atoms with Crippen molar-refractivity contribution in [2.75, 3.05) is 32.9 Å². The molecule has 1 aliphatic rings. The van der Waals surface area contributed by atoms with E-state index in [0.29, 0.717) is 22.8 Å². The zero-order chi connectivity index (χ0) is 20.8. The summed E-state index contributed by atoms with van der Waals surface area (Å²) in [6, 6.07) is 10.0. The van der Waals surface area contributed by atoms with Gasteiger partial charge in [0.2, 0.25) is 0 Å². The van der Waals surface area contributed by atoms with E-state index in [-0.39, 0.29) is 0 Å². The number of likely N-dealkylation sites (tertiary alicyclic amines) is 1. The number of imidazole rings is 1. The number of nitrogens with zero attached hydrogens (tertiary/aromatic N) is 4. The van der Waals surface area contributed by atoms with Crippen molar-refractivity contribution in [1.29, 1.82) is 0 Å². The van der Waals surface area contributed by atoms with Crippen LogP contribution in [0.1, 0.15) is 18.5 Å². The lowest BCUT2D eigenvalue weighted by molar-refractivity contribution is 0.138. The molecule has 0 unspecified atom stereocenters. The molecule has 5 rings (SSSR count). The molecule has 1 aromatic carbocycles. The minimum atomic E-state index is -0.452. The molecular formula is C22H26N6O2. The van der Waals surface area contributed by atoms with E-state index in [4.69, 9.17) is 15.1 Å². The normalized spacial score (nSPS) is 16.2. The van der Waals surface area contributed by atoms with Gasteiger partial charge in [-0.15, -0.1) is 0 Å². The fraction of sp³-hybridized carbons (Fsp3) is 0.364. The third kappa shape index (κ3) is 3.38. The SMILES string of the molecule is CN1CCC(N(C)Cc2c(-c3ccc4[nH]c(=O)oc4c3)nc3ccc(N)cn23)CC1. The Hall–Kier alpha value is -3.10. The van der Waals surface area contributed by atoms with Crippen LogP contribution in [0.15, 0.2) is 45.7 Å². The topological polar surface area (TPSA) is 95.8 Å². The molecule has 0 spiro atoms. The third-order valence-electron chi connectivity index (χ3n) is 6.15. The number of hydrogen-bond donors (Lipinski definition) is 2. The Morgan fingerprint density at radius 3 is 2.87 bits per heavy atom. The van der Waals surface area contributed by atoms with E-state index in [0.717, 1.165) is 55.1 Å². The molecule has 0 saturated carbocycles. The highest BCUT2D eigenvalue weighted by molar-refractivity contribution is 5.80. The summed E-state index contributed by atoms with van der Waals surface area (Å²) in [5.41, 5.74) is 11.7. The molecule has 30 heavy (non-hydrogen) atoms. The van der Waals surface area contributed by atoms with Crippen molar-refractivity contribution >= 4 is 22.4 Å². The number of fused-ring (bicyclic) bond motifs is 2. The number of nitrogens with one attached hydrogen (secondary N) is 1. The number of oxazole rings is 1. The van der Waals surface area contributed by atoms with Gasteiger partial charge >= 0.3 is 5.76 Å². The lowest BCUT2D eigenvalue weighted by Crippen LogP contribution is -2.41. The first-order chi connectivity index (χ1) is 14.5. The molecule has 1 fully saturated rings. The Kier molecular flexibility index (Phi) is 4.60. The van der Waals surface area contributed by atoms with E-state index < -0.39 is 5.76 Å². The van der Waals surface area contributed by atoms with Crippen molar-refractivity contribution in [1.82, 2.24) is 24.2 Å². The van der Waals surface area contributed by atoms with Gasteiger partial charge in [-0.05, 0) is 64.3 Å². The molecule has 4 aromatic rings. The van der Waals surface area contributed by atoms with Gasteiger partial charge in [-0.3, -0.25) is 9.88 Å². The number of H-pyrrole nitrogens is 1. The van der Waals surface area contributed by atoms with Gasteiger partial charge in [-0.1, -0.05) is 6.07 Å². The Labute approximate surface area is 173 Å². The summed E-state index contributed by atoms with van der Waals surface area (Å²) in [6.07, 6.45) is 4.24. The van der Waals surface area contributed by atoms with E-state index in [9.17, 15) is 4.79 Å². The first kappa shape index (κ1) is 18.9. The number of nitrogen functional groups attached to an aromatic ring is 1. The van der Waals surface area contributed by atoms with Crippen molar-refractivity contribution in [2.45, 2.75) is 25.4 Å². The summed E-state index contributed by atoms with van der Waals surface area (Å²) in [5.74, 6) is -0.452. The monoisotopic (exact) mass is 406 g/mol. The zero-order valence-corrected chi connectivity index (χ0v) is 17.3. The van der Waals surface area contributed by atoms with Crippen LogP contribution in [-0.4, -0.2) is 57.4 Å². The van der Waals surface area contributed by atoms with Crippen LogP contribution in [0.3, 0.4) is 0 Å². The number of hydrogen-bond acceptors (Lipinski definition) is 6. The molecule has 1 saturated heterocycles. The van der Waals surface area contributed by atoms with Crippen LogP contribution in [0.4, 0.5) is 5.69 Å². The number of aromatic amines is 1. The summed E-state index contributed by atoms with van der Waals surface area (Å²) in [4.78, 5) is 23.9. The molecule has 8 nitrogen and oxygen atoms in total. The summed E-state index contributed by atoms with van der Waals surface area (Å²) >= 11 is 0. The average molecular weight is 406 g/mol. The quantitative estimate of drug-likeness (QED) is 0.541. The molecule has 3 aromatic heterocycles. The van der Waals surface area contributed by atoms with E-state index in [1.54, 1.807) is 0 Å². The average Bonchev–Trinajstić information content (AvgIpc) is 3.27. The largest absolute Gasteiger partial charge is 0.417 e. The Bertz CT molecular complexity index is 1260. The van der Waals surface area contributed by atoms with Crippen LogP contribution in [-0.2, 0) is 6.54 Å². The molecule has 1 aliphatic heterocycles. The maximum absolute atomic E-state index is 11.6. The summed E-state index contributed by atoms with van der Waals surface area (Å²) in [6.45, 7) is 2.99. The second-order valence-electron chi connectivity index (χ2n) is 8.27. The molecule has 3 N–H and O–H groups in total. The van der Waals surface area contributed by atoms with Gasteiger partial charge < -0.3 is 19.5 Å². The Morgan fingerprint density at radius 2 is 2.07 bits per heavy atom. The van der Waals surface area contributed by atoms with Gasteiger partial charge in [0.1, 0.15) is 5.65 Å². The van der Waals surface area contributed by atoms with Gasteiger partial charge in [0, 0.05) is 30.0 Å². The zero-order valence-electron chi connectivity index (χ0n) is 17.3. The lowest BCUT2D eigenvalue weighted by atomic mass is 10.0. The maximum atomic E-state index is 11.6. The minimum Gasteiger partial charge on any atom is -0.408 e. The van der Waals surface area contributed by atoms with Crippen LogP contribution < -0.4 is 11.5 Å². The molecular weight excluding hydrogens is 380 g/mol. The summed E-state index contributed by atoms with van der Waals surface area (Å²) < 4.78 is 7.35. The summed E-state index contributed by atoms with van der Waals surface area (Å²) in [7, 11) is 4.36. The predicted octanol–water partition coefficient (Wildman–Crippen LogP) is 2.54.